The lowest BCUT2D eigenvalue weighted by molar-refractivity contribution is 0.662. The maximum atomic E-state index is 6.67. The van der Waals surface area contributed by atoms with Crippen LogP contribution >= 0.6 is 0 Å². The van der Waals surface area contributed by atoms with Crippen molar-refractivity contribution in [2.24, 2.45) is 0 Å². The van der Waals surface area contributed by atoms with E-state index in [1.807, 2.05) is 0 Å². The molecule has 0 aliphatic heterocycles. The van der Waals surface area contributed by atoms with E-state index in [-0.39, 0.29) is 5.41 Å². The van der Waals surface area contributed by atoms with Crippen molar-refractivity contribution in [3.05, 3.63) is 157 Å². The zero-order chi connectivity index (χ0) is 42.8. The molecule has 0 N–H and O–H groups in total. The molecule has 0 bridgehead atoms. The van der Waals surface area contributed by atoms with Crippen molar-refractivity contribution in [3.8, 4) is 33.4 Å². The van der Waals surface area contributed by atoms with Crippen molar-refractivity contribution in [1.29, 1.82) is 0 Å². The van der Waals surface area contributed by atoms with Gasteiger partial charge in [0.15, 0.2) is 0 Å². The maximum Gasteiger partial charge on any atom is 0.143 e. The molecule has 11 rings (SSSR count). The summed E-state index contributed by atoms with van der Waals surface area (Å²) in [6, 6.07) is 53.7. The maximum absolute atomic E-state index is 6.67. The zero-order valence-corrected chi connectivity index (χ0v) is 37.2. The first-order valence-electron chi connectivity index (χ1n) is 22.0. The molecule has 0 fully saturated rings. The summed E-state index contributed by atoms with van der Waals surface area (Å²) in [7, 11) is 16.2. The van der Waals surface area contributed by atoms with Gasteiger partial charge in [-0.05, 0) is 97.1 Å². The largest absolute Gasteiger partial charge is 0.455 e. The van der Waals surface area contributed by atoms with Crippen LogP contribution in [0.5, 0.6) is 0 Å². The summed E-state index contributed by atoms with van der Waals surface area (Å²) in [6.07, 6.45) is 0. The van der Waals surface area contributed by atoms with Crippen LogP contribution in [0.2, 0.25) is 0 Å². The van der Waals surface area contributed by atoms with Crippen molar-refractivity contribution in [1.82, 2.24) is 0 Å². The molecule has 288 valence electrons. The van der Waals surface area contributed by atoms with E-state index < -0.39 is 0 Å². The highest BCUT2D eigenvalue weighted by Crippen LogP contribution is 2.52. The summed E-state index contributed by atoms with van der Waals surface area (Å²) in [6.45, 7) is 4.75. The van der Waals surface area contributed by atoms with E-state index in [4.69, 9.17) is 4.42 Å². The van der Waals surface area contributed by atoms with Gasteiger partial charge in [0.25, 0.3) is 0 Å². The van der Waals surface area contributed by atoms with E-state index >= 15 is 0 Å². The minimum absolute atomic E-state index is 0.106. The molecular weight excluding hydrogens is 742 g/mol. The lowest BCUT2D eigenvalue weighted by Crippen LogP contribution is -2.52. The lowest BCUT2D eigenvalue weighted by Gasteiger charge is -2.33. The Balaban J connectivity index is 1.14. The van der Waals surface area contributed by atoms with Crippen LogP contribution < -0.4 is 43.1 Å². The van der Waals surface area contributed by atoms with Crippen LogP contribution in [0.1, 0.15) is 25.0 Å². The van der Waals surface area contributed by atoms with Crippen LogP contribution in [-0.2, 0) is 5.41 Å². The number of nitrogens with zero attached hydrogens (tertiary/aromatic N) is 1. The molecule has 9 heteroatoms. The highest BCUT2D eigenvalue weighted by molar-refractivity contribution is 6.72. The Morgan fingerprint density at radius 2 is 1.06 bits per heavy atom. The number of hydrogen-bond donors (Lipinski definition) is 0. The Hall–Kier alpha value is -6.45. The Bertz CT molecular complexity index is 3530. The molecular formula is C53H44B7NO. The second-order valence-corrected chi connectivity index (χ2v) is 18.2. The minimum Gasteiger partial charge on any atom is -0.455 e. The van der Waals surface area contributed by atoms with Crippen molar-refractivity contribution in [2.45, 2.75) is 19.3 Å². The molecule has 0 saturated carbocycles. The fraction of sp³-hybridized carbons (Fsp3) is 0.0566. The van der Waals surface area contributed by atoms with Crippen molar-refractivity contribution in [2.75, 3.05) is 4.90 Å². The summed E-state index contributed by atoms with van der Waals surface area (Å²) in [5.74, 6) is 0. The van der Waals surface area contributed by atoms with Crippen molar-refractivity contribution in [3.63, 3.8) is 0 Å². The number of fused-ring (bicyclic) bond motifs is 9. The van der Waals surface area contributed by atoms with Crippen LogP contribution in [0, 0.1) is 0 Å². The smallest absolute Gasteiger partial charge is 0.143 e. The average molecular weight is 787 g/mol. The molecule has 1 aliphatic rings. The van der Waals surface area contributed by atoms with Crippen molar-refractivity contribution < 1.29 is 4.42 Å². The molecule has 0 atom stereocenters. The molecule has 1 heterocycles. The summed E-state index contributed by atoms with van der Waals surface area (Å²) in [5, 5.41) is 7.30. The number of hydrogen-bond acceptors (Lipinski definition) is 2. The van der Waals surface area contributed by atoms with Gasteiger partial charge in [-0.3, -0.25) is 0 Å². The van der Waals surface area contributed by atoms with Crippen LogP contribution in [0.15, 0.2) is 150 Å². The topological polar surface area (TPSA) is 16.4 Å². The third-order valence-electron chi connectivity index (χ3n) is 14.8. The second-order valence-electron chi connectivity index (χ2n) is 18.2. The van der Waals surface area contributed by atoms with Crippen LogP contribution in [0.3, 0.4) is 0 Å². The second kappa shape index (κ2) is 14.0. The van der Waals surface area contributed by atoms with E-state index in [2.05, 4.69) is 219 Å². The van der Waals surface area contributed by atoms with Crippen LogP contribution in [0.25, 0.3) is 76.9 Å². The van der Waals surface area contributed by atoms with E-state index in [1.54, 1.807) is 0 Å². The molecule has 1 aromatic heterocycles. The first-order valence-corrected chi connectivity index (χ1v) is 22.0. The summed E-state index contributed by atoms with van der Waals surface area (Å²) in [5.41, 5.74) is 25.0. The van der Waals surface area contributed by atoms with Gasteiger partial charge in [0, 0.05) is 38.6 Å². The summed E-state index contributed by atoms with van der Waals surface area (Å²) >= 11 is 0. The number of furan rings is 1. The van der Waals surface area contributed by atoms with Gasteiger partial charge < -0.3 is 9.32 Å². The molecule has 0 amide bonds. The van der Waals surface area contributed by atoms with Gasteiger partial charge in [0.1, 0.15) is 66.1 Å². The summed E-state index contributed by atoms with van der Waals surface area (Å²) < 4.78 is 6.67. The summed E-state index contributed by atoms with van der Waals surface area (Å²) in [4.78, 5) is 2.54. The fourth-order valence-corrected chi connectivity index (χ4v) is 11.1. The zero-order valence-electron chi connectivity index (χ0n) is 37.2. The quantitative estimate of drug-likeness (QED) is 0.250. The predicted octanol–water partition coefficient (Wildman–Crippen LogP) is 2.81. The molecule has 1 aliphatic carbocycles. The normalized spacial score (nSPS) is 12.9. The van der Waals surface area contributed by atoms with Gasteiger partial charge in [-0.25, -0.2) is 0 Å². The van der Waals surface area contributed by atoms with E-state index in [1.165, 1.54) is 93.5 Å². The number of benzene rings is 9. The van der Waals surface area contributed by atoms with E-state index in [0.29, 0.717) is 0 Å². The standard InChI is InChI=1S/C53H44B7NO/c1-53(2)38-18-6-5-14-35(38)36-17-8-16-33(43(36)53)28-20-23-30(24-21-28)61(51-42-41(45(55)49(59)50(51)60)44(54)47(57)48(58)46(42)56)31-12-7-11-29(26-31)32-15-9-19-39-40(32)37-25-22-27-10-3-4-13-34(27)52(37)62-39/h3-26H,54-60H2,1-2H3. The minimum atomic E-state index is -0.106. The monoisotopic (exact) mass is 787 g/mol. The van der Waals surface area contributed by atoms with Gasteiger partial charge in [0.05, 0.1) is 0 Å². The molecule has 0 saturated heterocycles. The first kappa shape index (κ1) is 38.5. The predicted molar refractivity (Wildman–Crippen MR) is 289 cm³/mol. The van der Waals surface area contributed by atoms with Gasteiger partial charge in [-0.15, -0.1) is 10.9 Å². The molecule has 0 unspecified atom stereocenters. The van der Waals surface area contributed by atoms with E-state index in [9.17, 15) is 0 Å². The van der Waals surface area contributed by atoms with Gasteiger partial charge in [-0.2, -0.15) is 0 Å². The first-order chi connectivity index (χ1) is 30.0. The van der Waals surface area contributed by atoms with Gasteiger partial charge >= 0.3 is 0 Å². The fourth-order valence-electron chi connectivity index (χ4n) is 11.1. The number of rotatable bonds is 5. The molecule has 62 heavy (non-hydrogen) atoms. The highest BCUT2D eigenvalue weighted by Gasteiger charge is 2.37. The Kier molecular flexibility index (Phi) is 8.71. The third-order valence-corrected chi connectivity index (χ3v) is 14.8. The lowest BCUT2D eigenvalue weighted by atomic mass is 9.59. The Morgan fingerprint density at radius 3 is 1.85 bits per heavy atom. The van der Waals surface area contributed by atoms with Crippen LogP contribution in [0.4, 0.5) is 17.1 Å². The Labute approximate surface area is 370 Å². The molecule has 9 aromatic carbocycles. The van der Waals surface area contributed by atoms with Gasteiger partial charge in [-0.1, -0.05) is 150 Å². The van der Waals surface area contributed by atoms with Crippen molar-refractivity contribution >= 4 is 154 Å². The van der Waals surface area contributed by atoms with E-state index in [0.717, 1.165) is 49.8 Å². The van der Waals surface area contributed by atoms with Gasteiger partial charge in [0.2, 0.25) is 0 Å². The van der Waals surface area contributed by atoms with Crippen LogP contribution in [-0.4, -0.2) is 54.9 Å². The average Bonchev–Trinajstić information content (AvgIpc) is 3.80. The Morgan fingerprint density at radius 1 is 0.435 bits per heavy atom. The third kappa shape index (κ3) is 5.46. The molecule has 2 nitrogen and oxygen atoms in total. The molecule has 0 spiro atoms. The SMILES string of the molecule is Bc1c(B)c(B)c2c(N(c3ccc(-c4cccc5c4C(C)(C)c4ccccc4-5)cc3)c3cccc(-c4cccc5oc6c7ccccc7ccc6c45)c3)c(B)c(B)c(B)c2c1B. The highest BCUT2D eigenvalue weighted by atomic mass is 16.3. The number of anilines is 3. The molecule has 0 radical (unpaired) electrons. The molecule has 10 aromatic rings.